The third-order valence-corrected chi connectivity index (χ3v) is 3.54. The number of carbonyl (C=O) groups is 1. The molecule has 1 heterocycles. The zero-order valence-electron chi connectivity index (χ0n) is 12.0. The van der Waals surface area contributed by atoms with Gasteiger partial charge in [0.1, 0.15) is 48.8 Å². The van der Waals surface area contributed by atoms with Gasteiger partial charge in [-0.3, -0.25) is 0 Å². The molecule has 0 aromatic carbocycles. The maximum absolute atomic E-state index is 11.0. The van der Waals surface area contributed by atoms with E-state index in [0.717, 1.165) is 0 Å². The van der Waals surface area contributed by atoms with E-state index in [0.29, 0.717) is 0 Å². The van der Waals surface area contributed by atoms with Gasteiger partial charge in [0, 0.05) is 0 Å². The summed E-state index contributed by atoms with van der Waals surface area (Å²) in [6, 6.07) is 0. The molecule has 0 aliphatic carbocycles. The molecular weight excluding hydrogens is 320 g/mol. The lowest BCUT2D eigenvalue weighted by molar-refractivity contribution is -0.315. The van der Waals surface area contributed by atoms with Gasteiger partial charge >= 0.3 is 0 Å². The van der Waals surface area contributed by atoms with Gasteiger partial charge in [-0.1, -0.05) is 0 Å². The van der Waals surface area contributed by atoms with Crippen LogP contribution >= 0.6 is 0 Å². The first-order valence-corrected chi connectivity index (χ1v) is 6.84. The average molecular weight is 342 g/mol. The quantitative estimate of drug-likeness (QED) is 0.196. The van der Waals surface area contributed by atoms with Crippen LogP contribution in [0, 0.1) is 0 Å². The second kappa shape index (κ2) is 8.94. The average Bonchev–Trinajstić information content (AvgIpc) is 2.57. The normalized spacial score (nSPS) is 37.0. The lowest BCUT2D eigenvalue weighted by Crippen LogP contribution is -2.60. The summed E-state index contributed by atoms with van der Waals surface area (Å²) in [6.07, 6.45) is -15.5. The highest BCUT2D eigenvalue weighted by Crippen LogP contribution is 2.23. The van der Waals surface area contributed by atoms with Crippen molar-refractivity contribution in [3.05, 3.63) is 0 Å². The van der Waals surface area contributed by atoms with Crippen molar-refractivity contribution in [1.82, 2.24) is 0 Å². The van der Waals surface area contributed by atoms with E-state index < -0.39 is 68.3 Å². The molecule has 0 saturated carbocycles. The summed E-state index contributed by atoms with van der Waals surface area (Å²) in [7, 11) is 0. The predicted molar refractivity (Wildman–Crippen MR) is 69.8 cm³/mol. The Morgan fingerprint density at radius 3 is 2.09 bits per heavy atom. The zero-order chi connectivity index (χ0) is 17.7. The molecule has 1 fully saturated rings. The number of aliphatic hydroxyl groups excluding tert-OH is 8. The van der Waals surface area contributed by atoms with Gasteiger partial charge in [0.25, 0.3) is 0 Å². The Kier molecular flexibility index (Phi) is 7.89. The molecule has 8 N–H and O–H groups in total. The summed E-state index contributed by atoms with van der Waals surface area (Å²) < 4.78 is 9.94. The van der Waals surface area contributed by atoms with Crippen molar-refractivity contribution in [1.29, 1.82) is 0 Å². The molecule has 1 aliphatic rings. The van der Waals surface area contributed by atoms with Gasteiger partial charge < -0.3 is 55.1 Å². The van der Waals surface area contributed by atoms with Crippen molar-refractivity contribution in [3.63, 3.8) is 0 Å². The topological polar surface area (TPSA) is 197 Å². The van der Waals surface area contributed by atoms with E-state index in [4.69, 9.17) is 19.7 Å². The van der Waals surface area contributed by atoms with Crippen molar-refractivity contribution in [3.8, 4) is 0 Å². The summed E-state index contributed by atoms with van der Waals surface area (Å²) in [5.74, 6) is 0. The summed E-state index contributed by atoms with van der Waals surface area (Å²) in [4.78, 5) is 11.0. The van der Waals surface area contributed by atoms with Crippen LogP contribution in [0.2, 0.25) is 0 Å². The maximum Gasteiger partial charge on any atom is 0.187 e. The van der Waals surface area contributed by atoms with E-state index in [1.165, 1.54) is 0 Å². The fraction of sp³-hybridized carbons (Fsp3) is 0.917. The number of ether oxygens (including phenoxy) is 2. The Labute approximate surface area is 130 Å². The predicted octanol–water partition coefficient (Wildman–Crippen LogP) is -5.55. The number of carbonyl (C=O) groups excluding carboxylic acids is 1. The lowest BCUT2D eigenvalue weighted by Gasteiger charge is -2.41. The standard InChI is InChI=1S/C12H22O11/c13-1-4(16)7(17)8(18)5(2-14)22-12-11(21)10(20)9(19)6(3-15)23-12/h2,4-13,15-21H,1,3H2/t4-,5+,6-,7+,8-,9-,10+,11-,12+/m1/s1. The first-order chi connectivity index (χ1) is 10.8. The van der Waals surface area contributed by atoms with Gasteiger partial charge in [0.15, 0.2) is 12.6 Å². The maximum atomic E-state index is 11.0. The third kappa shape index (κ3) is 4.64. The Hall–Kier alpha value is -0.730. The van der Waals surface area contributed by atoms with Crippen LogP contribution in [0.5, 0.6) is 0 Å². The Morgan fingerprint density at radius 2 is 1.61 bits per heavy atom. The van der Waals surface area contributed by atoms with Crippen LogP contribution in [0.25, 0.3) is 0 Å². The van der Waals surface area contributed by atoms with E-state index >= 15 is 0 Å². The minimum Gasteiger partial charge on any atom is -0.394 e. The van der Waals surface area contributed by atoms with E-state index in [9.17, 15) is 35.4 Å². The van der Waals surface area contributed by atoms with Crippen LogP contribution in [0.4, 0.5) is 0 Å². The molecule has 11 heteroatoms. The number of rotatable bonds is 8. The Morgan fingerprint density at radius 1 is 1.00 bits per heavy atom. The number of aliphatic hydroxyl groups is 8. The second-order valence-electron chi connectivity index (χ2n) is 5.17. The molecule has 1 aliphatic heterocycles. The molecule has 23 heavy (non-hydrogen) atoms. The van der Waals surface area contributed by atoms with E-state index in [2.05, 4.69) is 0 Å². The van der Waals surface area contributed by atoms with Crippen LogP contribution < -0.4 is 0 Å². The molecule has 0 aromatic rings. The van der Waals surface area contributed by atoms with Crippen molar-refractivity contribution in [2.24, 2.45) is 0 Å². The molecule has 0 amide bonds. The highest BCUT2D eigenvalue weighted by molar-refractivity contribution is 5.57. The van der Waals surface area contributed by atoms with E-state index in [1.807, 2.05) is 0 Å². The van der Waals surface area contributed by atoms with Crippen LogP contribution in [0.15, 0.2) is 0 Å². The molecule has 1 rings (SSSR count). The summed E-state index contributed by atoms with van der Waals surface area (Å²) in [6.45, 7) is -1.60. The monoisotopic (exact) mass is 342 g/mol. The van der Waals surface area contributed by atoms with Gasteiger partial charge in [-0.15, -0.1) is 0 Å². The number of aldehydes is 1. The molecule has 11 nitrogen and oxygen atoms in total. The largest absolute Gasteiger partial charge is 0.394 e. The van der Waals surface area contributed by atoms with Gasteiger partial charge in [0.2, 0.25) is 0 Å². The van der Waals surface area contributed by atoms with Crippen LogP contribution in [0.1, 0.15) is 0 Å². The van der Waals surface area contributed by atoms with Gasteiger partial charge in [0.05, 0.1) is 13.2 Å². The fourth-order valence-electron chi connectivity index (χ4n) is 2.06. The molecular formula is C12H22O11. The van der Waals surface area contributed by atoms with Crippen molar-refractivity contribution in [2.75, 3.05) is 13.2 Å². The first kappa shape index (κ1) is 20.3. The summed E-state index contributed by atoms with van der Waals surface area (Å²) in [5, 5.41) is 75.2. The molecule has 0 radical (unpaired) electrons. The second-order valence-corrected chi connectivity index (χ2v) is 5.17. The molecule has 0 aromatic heterocycles. The van der Waals surface area contributed by atoms with E-state index in [-0.39, 0.29) is 6.29 Å². The van der Waals surface area contributed by atoms with Crippen molar-refractivity contribution in [2.45, 2.75) is 55.1 Å². The molecule has 136 valence electrons. The van der Waals surface area contributed by atoms with Gasteiger partial charge in [-0.25, -0.2) is 0 Å². The number of hydrogen-bond donors (Lipinski definition) is 8. The van der Waals surface area contributed by atoms with Crippen LogP contribution in [-0.4, -0.2) is 115 Å². The fourth-order valence-corrected chi connectivity index (χ4v) is 2.06. The Balaban J connectivity index is 2.79. The molecule has 1 saturated heterocycles. The Bertz CT molecular complexity index is 365. The van der Waals surface area contributed by atoms with Crippen molar-refractivity contribution >= 4 is 6.29 Å². The van der Waals surface area contributed by atoms with Crippen LogP contribution in [-0.2, 0) is 14.3 Å². The van der Waals surface area contributed by atoms with Crippen molar-refractivity contribution < 1.29 is 55.1 Å². The highest BCUT2D eigenvalue weighted by atomic mass is 16.7. The van der Waals surface area contributed by atoms with Gasteiger partial charge in [-0.05, 0) is 0 Å². The molecule has 0 unspecified atom stereocenters. The molecule has 0 spiro atoms. The summed E-state index contributed by atoms with van der Waals surface area (Å²) >= 11 is 0. The number of hydrogen-bond acceptors (Lipinski definition) is 11. The van der Waals surface area contributed by atoms with Gasteiger partial charge in [-0.2, -0.15) is 0 Å². The van der Waals surface area contributed by atoms with E-state index in [1.54, 1.807) is 0 Å². The lowest BCUT2D eigenvalue weighted by atomic mass is 9.99. The highest BCUT2D eigenvalue weighted by Gasteiger charge is 2.46. The minimum atomic E-state index is -1.97. The van der Waals surface area contributed by atoms with Crippen LogP contribution in [0.3, 0.4) is 0 Å². The first-order valence-electron chi connectivity index (χ1n) is 6.84. The third-order valence-electron chi connectivity index (χ3n) is 3.54. The molecule has 0 bridgehead atoms. The smallest absolute Gasteiger partial charge is 0.187 e. The minimum absolute atomic E-state index is 0.0550. The molecule has 9 atom stereocenters. The SMILES string of the molecule is O=C[C@H](O[C@H]1O[C@H](CO)[C@@H](O)[C@H](O)[C@H]1O)[C@@H](O)[C@@H](O)[C@H](O)CO. The summed E-state index contributed by atoms with van der Waals surface area (Å²) in [5.41, 5.74) is 0. The zero-order valence-corrected chi connectivity index (χ0v) is 12.0.